The van der Waals surface area contributed by atoms with Gasteiger partial charge in [-0.15, -0.1) is 0 Å². The standard InChI is InChI=1S/6C9H14N4O4.CH4/c6*1-4-12-9(10)11-3-13(4)8-7(16)6(15)5(2-14)17-8;/h6*3,5-8,14-16H,1-2H2,(H2,10,12);1H4/t6*5-,6?,7+,8-;/m111111./s1/i2D2,5D,6D;8D;7D;6D;5D;2D2;. The van der Waals surface area contributed by atoms with Crippen molar-refractivity contribution in [1.29, 1.82) is 0 Å². The predicted octanol–water partition coefficient (Wildman–Crippen LogP) is -14.0. The second-order valence-electron chi connectivity index (χ2n) is 21.4. The van der Waals surface area contributed by atoms with Crippen molar-refractivity contribution in [1.82, 2.24) is 29.4 Å². The van der Waals surface area contributed by atoms with Gasteiger partial charge in [0, 0.05) is 0 Å². The Balaban J connectivity index is 0.000000211. The molecule has 6 saturated heterocycles. The molecule has 0 spiro atoms. The Morgan fingerprint density at radius 3 is 0.932 bits per heavy atom. The van der Waals surface area contributed by atoms with Crippen molar-refractivity contribution >= 4 is 73.8 Å². The normalized spacial score (nSPS) is 43.1. The zero-order valence-corrected chi connectivity index (χ0v) is 52.9. The van der Waals surface area contributed by atoms with Crippen LogP contribution in [0, 0.1) is 0 Å². The SMILES string of the molecule is C.[2H]C([2H])(O)[C@@]1([2H])O[C@@H](N2C=NC(N)=NC2=C)[C@@H](O)C1([2H])O.[2H]C([2H])(O)[C@H]1O[C@@H](N2C=NC(N)=NC2=C)[C@@H](O)C1O.[2H]C1(O)[C@H](O)[C@H](N2C=NC(N)=NC2=C)O[C@@H]1CO.[2H][C@@]1(N2C=NC(N)=NC2=C)O[C@H](CO)C(O)[C@@H]1O.[2H][C@]1(CO)O[C@@H](N2C=NC(N)=NC2=C)[C@@H](O)C1O.[2H][C@]1(O)C(O)[C@@H](CO)O[C@H]1N1C=NC(N)=NC1=C. The Morgan fingerprint density at radius 1 is 0.320 bits per heavy atom. The molecule has 12 aliphatic heterocycles. The van der Waals surface area contributed by atoms with Gasteiger partial charge < -0.3 is 155 Å². The highest BCUT2D eigenvalue weighted by molar-refractivity contribution is 5.92. The molecule has 0 aromatic carbocycles. The third kappa shape index (κ3) is 19.1. The highest BCUT2D eigenvalue weighted by atomic mass is 16.6. The lowest BCUT2D eigenvalue weighted by atomic mass is 10.1. The molecule has 24 atom stereocenters. The van der Waals surface area contributed by atoms with Gasteiger partial charge in [-0.25, -0.2) is 30.0 Å². The number of hydrogen-bond donors (Lipinski definition) is 24. The minimum atomic E-state index is -3.42. The maximum absolute atomic E-state index is 9.97. The molecule has 6 fully saturated rings. The molecule has 0 amide bonds. The first kappa shape index (κ1) is 68.5. The van der Waals surface area contributed by atoms with Crippen LogP contribution in [0.2, 0.25) is 0 Å². The van der Waals surface area contributed by atoms with Gasteiger partial charge in [-0.1, -0.05) is 46.9 Å². The van der Waals surface area contributed by atoms with Crippen molar-refractivity contribution < 1.29 is 134 Å². The summed E-state index contributed by atoms with van der Waals surface area (Å²) in [5, 5.41) is 172. The smallest absolute Gasteiger partial charge is 0.223 e. The number of nitrogens with zero attached hydrogens (tertiary/aromatic N) is 18. The monoisotopic (exact) mass is 1480 g/mol. The Kier molecular flexibility index (Phi) is 24.3. The van der Waals surface area contributed by atoms with Gasteiger partial charge in [-0.3, -0.25) is 29.4 Å². The quantitative estimate of drug-likeness (QED) is 0.0863. The van der Waals surface area contributed by atoms with Crippen LogP contribution >= 0.6 is 0 Å². The second kappa shape index (κ2) is 36.5. The van der Waals surface area contributed by atoms with Crippen molar-refractivity contribution in [3.05, 3.63) is 74.4 Å². The van der Waals surface area contributed by atoms with Crippen LogP contribution in [0.1, 0.15) is 21.1 Å². The van der Waals surface area contributed by atoms with Crippen molar-refractivity contribution in [3.8, 4) is 0 Å². The van der Waals surface area contributed by atoms with Gasteiger partial charge in [0.05, 0.1) is 53.3 Å². The van der Waals surface area contributed by atoms with Gasteiger partial charge in [0.15, 0.2) is 37.3 Å². The van der Waals surface area contributed by atoms with Crippen molar-refractivity contribution in [2.45, 2.75) is 155 Å². The van der Waals surface area contributed by atoms with Crippen LogP contribution in [0.4, 0.5) is 0 Å². The van der Waals surface area contributed by atoms with Crippen molar-refractivity contribution in [3.63, 3.8) is 0 Å². The summed E-state index contributed by atoms with van der Waals surface area (Å²) < 4.78 is 106. The lowest BCUT2D eigenvalue weighted by Crippen LogP contribution is -2.44. The Bertz CT molecular complexity index is 3910. The average molecular weight is 1480 g/mol. The van der Waals surface area contributed by atoms with Crippen LogP contribution in [-0.2, 0) is 28.4 Å². The molecule has 0 aromatic rings. The number of hydrogen-bond acceptors (Lipinski definition) is 48. The summed E-state index contributed by atoms with van der Waals surface area (Å²) in [6, 6.07) is 0. The Labute approximate surface area is 599 Å². The highest BCUT2D eigenvalue weighted by Crippen LogP contribution is 2.32. The minimum Gasteiger partial charge on any atom is -0.394 e. The van der Waals surface area contributed by atoms with Crippen LogP contribution in [0.3, 0.4) is 0 Å². The summed E-state index contributed by atoms with van der Waals surface area (Å²) in [7, 11) is 0. The van der Waals surface area contributed by atoms with E-state index in [1.54, 1.807) is 0 Å². The number of guanidine groups is 6. The van der Waals surface area contributed by atoms with Crippen LogP contribution in [-0.4, -0.2) is 382 Å². The number of nitrogens with two attached hydrogens (primary N) is 6. The first-order valence-corrected chi connectivity index (χ1v) is 29.0. The van der Waals surface area contributed by atoms with Gasteiger partial charge in [0.2, 0.25) is 35.8 Å². The van der Waals surface area contributed by atoms with E-state index in [4.69, 9.17) is 97.0 Å². The summed E-state index contributed by atoms with van der Waals surface area (Å²) >= 11 is 0. The molecule has 0 saturated carbocycles. The molecule has 48 nitrogen and oxygen atoms in total. The average Bonchev–Trinajstić information content (AvgIpc) is 1.56. The molecule has 12 rings (SSSR count). The summed E-state index contributed by atoms with van der Waals surface area (Å²) in [4.78, 5) is 51.4. The lowest BCUT2D eigenvalue weighted by Gasteiger charge is -2.29. The number of rotatable bonds is 12. The van der Waals surface area contributed by atoms with Crippen LogP contribution in [0.5, 0.6) is 0 Å². The molecule has 30 N–H and O–H groups in total. The van der Waals surface area contributed by atoms with Gasteiger partial charge >= 0.3 is 0 Å². The van der Waals surface area contributed by atoms with Crippen LogP contribution in [0.15, 0.2) is 134 Å². The molecule has 48 heteroatoms. The van der Waals surface area contributed by atoms with E-state index >= 15 is 0 Å². The molecule has 12 aliphatic rings. The molecule has 12 heterocycles. The predicted molar refractivity (Wildman–Crippen MR) is 360 cm³/mol. The van der Waals surface area contributed by atoms with E-state index < -0.39 is 187 Å². The van der Waals surface area contributed by atoms with E-state index in [1.807, 2.05) is 0 Å². The van der Waals surface area contributed by atoms with Crippen molar-refractivity contribution in [2.75, 3.05) is 39.5 Å². The zero-order chi connectivity index (χ0) is 84.6. The van der Waals surface area contributed by atoms with E-state index in [9.17, 15) is 71.5 Å². The van der Waals surface area contributed by atoms with E-state index in [0.717, 1.165) is 22.5 Å². The van der Waals surface area contributed by atoms with Gasteiger partial charge in [-0.05, 0) is 0 Å². The molecular formula is C55H88N24O24. The first-order valence-electron chi connectivity index (χ1n) is 34.0. The summed E-state index contributed by atoms with van der Waals surface area (Å²) in [6.07, 6.45) is -33.5. The van der Waals surface area contributed by atoms with E-state index in [2.05, 4.69) is 99.4 Å². The molecular weight excluding hydrogens is 1380 g/mol. The zero-order valence-electron chi connectivity index (χ0n) is 62.9. The summed E-state index contributed by atoms with van der Waals surface area (Å²) in [5.74, 6) is 0.324. The molecule has 0 radical (unpaired) electrons. The largest absolute Gasteiger partial charge is 0.394 e. The number of aliphatic imine (C=N–C) groups is 12. The molecule has 0 aromatic heterocycles. The fraction of sp³-hybridized carbons (Fsp3) is 0.564. The minimum absolute atomic E-state index is 0. The maximum atomic E-state index is 9.97. The lowest BCUT2D eigenvalue weighted by molar-refractivity contribution is -0.0607. The molecule has 103 heavy (non-hydrogen) atoms. The van der Waals surface area contributed by atoms with Gasteiger partial charge in [0.1, 0.15) is 183 Å². The van der Waals surface area contributed by atoms with Crippen LogP contribution in [0.25, 0.3) is 0 Å². The number of aliphatic hydroxyl groups is 18. The molecule has 0 aliphatic carbocycles. The molecule has 572 valence electrons. The second-order valence-corrected chi connectivity index (χ2v) is 21.4. The van der Waals surface area contributed by atoms with Crippen molar-refractivity contribution in [2.24, 2.45) is 94.3 Å². The fourth-order valence-corrected chi connectivity index (χ4v) is 9.45. The fourth-order valence-electron chi connectivity index (χ4n) is 9.45. The van der Waals surface area contributed by atoms with E-state index in [0.29, 0.717) is 0 Å². The highest BCUT2D eigenvalue weighted by Gasteiger charge is 2.51. The third-order valence-corrected chi connectivity index (χ3v) is 14.7. The van der Waals surface area contributed by atoms with Crippen LogP contribution < -0.4 is 34.4 Å². The van der Waals surface area contributed by atoms with E-state index in [-0.39, 0.29) is 78.1 Å². The summed E-state index contributed by atoms with van der Waals surface area (Å²) in [5.41, 5.74) is 32.1. The Hall–Kier alpha value is -8.88. The summed E-state index contributed by atoms with van der Waals surface area (Å²) in [6.45, 7) is 12.8. The number of aliphatic hydroxyl groups excluding tert-OH is 13. The third-order valence-electron chi connectivity index (χ3n) is 14.7. The van der Waals surface area contributed by atoms with Gasteiger partial charge in [-0.2, -0.15) is 30.0 Å². The van der Waals surface area contributed by atoms with Gasteiger partial charge in [0.25, 0.3) is 0 Å². The molecule has 0 bridgehead atoms. The van der Waals surface area contributed by atoms with E-state index in [1.165, 1.54) is 45.0 Å². The molecule has 6 unspecified atom stereocenters. The maximum Gasteiger partial charge on any atom is 0.223 e. The first-order chi connectivity index (χ1) is 51.7. The topological polar surface area (TPSA) is 743 Å². The Morgan fingerprint density at radius 2 is 0.621 bits per heavy atom. The number of ether oxygens (including phenoxy) is 6.